The second-order valence-corrected chi connectivity index (χ2v) is 3.75. The highest BCUT2D eigenvalue weighted by atomic mass is 16.2. The molecule has 17 heavy (non-hydrogen) atoms. The number of rotatable bonds is 3. The van der Waals surface area contributed by atoms with Gasteiger partial charge in [-0.05, 0) is 17.5 Å². The molecular formula is C12H13N3O2. The zero-order valence-electron chi connectivity index (χ0n) is 9.51. The normalized spacial score (nSPS) is 15.7. The highest BCUT2D eigenvalue weighted by Gasteiger charge is 2.25. The van der Waals surface area contributed by atoms with E-state index in [0.717, 1.165) is 17.0 Å². The smallest absolute Gasteiger partial charge is 0.275 e. The Bertz CT molecular complexity index is 465. The second-order valence-electron chi connectivity index (χ2n) is 3.75. The zero-order valence-corrected chi connectivity index (χ0v) is 9.51. The monoisotopic (exact) mass is 231 g/mol. The third kappa shape index (κ3) is 2.69. The summed E-state index contributed by atoms with van der Waals surface area (Å²) in [6, 6.07) is 7.40. The van der Waals surface area contributed by atoms with Crippen LogP contribution in [0.15, 0.2) is 29.4 Å². The average Bonchev–Trinajstić information content (AvgIpc) is 2.66. The van der Waals surface area contributed by atoms with E-state index in [2.05, 4.69) is 17.3 Å². The fourth-order valence-electron chi connectivity index (χ4n) is 1.50. The van der Waals surface area contributed by atoms with Crippen LogP contribution in [0.2, 0.25) is 0 Å². The minimum Gasteiger partial charge on any atom is -0.275 e. The Balaban J connectivity index is 2.04. The molecule has 1 heterocycles. The largest absolute Gasteiger partial charge is 0.344 e. The number of amides is 3. The molecule has 0 aromatic heterocycles. The van der Waals surface area contributed by atoms with Crippen molar-refractivity contribution in [2.24, 2.45) is 5.10 Å². The first-order valence-corrected chi connectivity index (χ1v) is 5.43. The highest BCUT2D eigenvalue weighted by Crippen LogP contribution is 2.04. The maximum atomic E-state index is 11.2. The van der Waals surface area contributed by atoms with Gasteiger partial charge >= 0.3 is 6.03 Å². The summed E-state index contributed by atoms with van der Waals surface area (Å²) in [4.78, 5) is 22.1. The Hall–Kier alpha value is -2.17. The van der Waals surface area contributed by atoms with E-state index in [1.165, 1.54) is 5.56 Å². The lowest BCUT2D eigenvalue weighted by Gasteiger charge is -2.04. The standard InChI is InChI=1S/C12H13N3O2/c1-2-9-3-5-10(6-4-9)7-13-15-8-11(16)14-12(15)17/h3-7H,2,8H2,1H3,(H,14,16,17)/b13-7+. The summed E-state index contributed by atoms with van der Waals surface area (Å²) in [6.45, 7) is 2.08. The first-order valence-electron chi connectivity index (χ1n) is 5.43. The van der Waals surface area contributed by atoms with Crippen LogP contribution in [0.25, 0.3) is 0 Å². The van der Waals surface area contributed by atoms with Crippen LogP contribution in [0.1, 0.15) is 18.1 Å². The second kappa shape index (κ2) is 4.78. The molecule has 1 aromatic carbocycles. The number of urea groups is 1. The Labute approximate surface area is 99.1 Å². The fourth-order valence-corrected chi connectivity index (χ4v) is 1.50. The molecule has 1 aliphatic rings. The molecule has 0 spiro atoms. The molecule has 1 aliphatic heterocycles. The van der Waals surface area contributed by atoms with E-state index in [4.69, 9.17) is 0 Å². The lowest BCUT2D eigenvalue weighted by atomic mass is 10.1. The molecule has 1 saturated heterocycles. The third-order valence-corrected chi connectivity index (χ3v) is 2.51. The number of nitrogens with zero attached hydrogens (tertiary/aromatic N) is 2. The van der Waals surface area contributed by atoms with Crippen molar-refractivity contribution in [2.45, 2.75) is 13.3 Å². The highest BCUT2D eigenvalue weighted by molar-refractivity contribution is 6.02. The summed E-state index contributed by atoms with van der Waals surface area (Å²) < 4.78 is 0. The Morgan fingerprint density at radius 2 is 2.06 bits per heavy atom. The first-order chi connectivity index (χ1) is 8.19. The number of carbonyl (C=O) groups excluding carboxylic acids is 2. The van der Waals surface area contributed by atoms with Gasteiger partial charge in [0.1, 0.15) is 6.54 Å². The molecule has 1 fully saturated rings. The SMILES string of the molecule is CCc1ccc(/C=N/N2CC(=O)NC2=O)cc1. The van der Waals surface area contributed by atoms with Gasteiger partial charge in [0, 0.05) is 0 Å². The number of hydrogen-bond acceptors (Lipinski definition) is 3. The van der Waals surface area contributed by atoms with Gasteiger partial charge in [0.25, 0.3) is 0 Å². The number of benzene rings is 1. The summed E-state index contributed by atoms with van der Waals surface area (Å²) in [5.41, 5.74) is 2.14. The number of aryl methyl sites for hydroxylation is 1. The number of hydrazone groups is 1. The van der Waals surface area contributed by atoms with Crippen molar-refractivity contribution < 1.29 is 9.59 Å². The van der Waals surface area contributed by atoms with Crippen LogP contribution in [0.3, 0.4) is 0 Å². The average molecular weight is 231 g/mol. The van der Waals surface area contributed by atoms with Gasteiger partial charge in [-0.1, -0.05) is 31.2 Å². The van der Waals surface area contributed by atoms with Crippen molar-refractivity contribution in [2.75, 3.05) is 6.54 Å². The number of imide groups is 1. The minimum absolute atomic E-state index is 0.0115. The van der Waals surface area contributed by atoms with Crippen LogP contribution in [0, 0.1) is 0 Å². The molecule has 0 bridgehead atoms. The summed E-state index contributed by atoms with van der Waals surface area (Å²) >= 11 is 0. The third-order valence-electron chi connectivity index (χ3n) is 2.51. The molecule has 5 nitrogen and oxygen atoms in total. The molecule has 88 valence electrons. The van der Waals surface area contributed by atoms with Crippen LogP contribution >= 0.6 is 0 Å². The van der Waals surface area contributed by atoms with Gasteiger partial charge in [-0.2, -0.15) is 5.10 Å². The Morgan fingerprint density at radius 1 is 1.35 bits per heavy atom. The molecule has 1 aromatic rings. The van der Waals surface area contributed by atoms with Crippen molar-refractivity contribution in [3.05, 3.63) is 35.4 Å². The predicted octanol–water partition coefficient (Wildman–Crippen LogP) is 1.13. The molecule has 0 aliphatic carbocycles. The number of nitrogens with one attached hydrogen (secondary N) is 1. The Kier molecular flexibility index (Phi) is 3.18. The molecule has 3 amide bonds. The van der Waals surface area contributed by atoms with E-state index in [1.807, 2.05) is 24.3 Å². The predicted molar refractivity (Wildman–Crippen MR) is 63.7 cm³/mol. The molecule has 1 N–H and O–H groups in total. The topological polar surface area (TPSA) is 61.8 Å². The van der Waals surface area contributed by atoms with E-state index in [9.17, 15) is 9.59 Å². The van der Waals surface area contributed by atoms with Gasteiger partial charge in [-0.15, -0.1) is 0 Å². The number of hydrogen-bond donors (Lipinski definition) is 1. The van der Waals surface area contributed by atoms with E-state index < -0.39 is 6.03 Å². The van der Waals surface area contributed by atoms with Gasteiger partial charge in [0.15, 0.2) is 0 Å². The van der Waals surface area contributed by atoms with E-state index in [0.29, 0.717) is 0 Å². The van der Waals surface area contributed by atoms with Crippen molar-refractivity contribution in [3.63, 3.8) is 0 Å². The molecule has 5 heteroatoms. The van der Waals surface area contributed by atoms with Gasteiger partial charge in [0.05, 0.1) is 6.21 Å². The lowest BCUT2D eigenvalue weighted by Crippen LogP contribution is -2.24. The van der Waals surface area contributed by atoms with Gasteiger partial charge < -0.3 is 0 Å². The van der Waals surface area contributed by atoms with Crippen LogP contribution in [0.5, 0.6) is 0 Å². The number of carbonyl (C=O) groups is 2. The molecule has 0 unspecified atom stereocenters. The van der Waals surface area contributed by atoms with Crippen molar-refractivity contribution in [1.82, 2.24) is 10.3 Å². The first kappa shape index (κ1) is 11.3. The van der Waals surface area contributed by atoms with E-state index >= 15 is 0 Å². The van der Waals surface area contributed by atoms with Crippen LogP contribution in [0.4, 0.5) is 4.79 Å². The van der Waals surface area contributed by atoms with Crippen molar-refractivity contribution >= 4 is 18.2 Å². The van der Waals surface area contributed by atoms with Crippen molar-refractivity contribution in [1.29, 1.82) is 0 Å². The van der Waals surface area contributed by atoms with Gasteiger partial charge in [-0.3, -0.25) is 10.1 Å². The quantitative estimate of drug-likeness (QED) is 0.626. The van der Waals surface area contributed by atoms with Crippen LogP contribution < -0.4 is 5.32 Å². The zero-order chi connectivity index (χ0) is 12.3. The molecule has 2 rings (SSSR count). The van der Waals surface area contributed by atoms with Crippen molar-refractivity contribution in [3.8, 4) is 0 Å². The van der Waals surface area contributed by atoms with E-state index in [1.54, 1.807) is 6.21 Å². The molecule has 0 atom stereocenters. The molecule has 0 saturated carbocycles. The van der Waals surface area contributed by atoms with Crippen LogP contribution in [-0.4, -0.2) is 29.7 Å². The summed E-state index contributed by atoms with van der Waals surface area (Å²) in [6.07, 6.45) is 2.55. The van der Waals surface area contributed by atoms with Gasteiger partial charge in [-0.25, -0.2) is 9.80 Å². The lowest BCUT2D eigenvalue weighted by molar-refractivity contribution is -0.118. The fraction of sp³-hybridized carbons (Fsp3) is 0.250. The minimum atomic E-state index is -0.476. The van der Waals surface area contributed by atoms with Gasteiger partial charge in [0.2, 0.25) is 5.91 Å². The Morgan fingerprint density at radius 3 is 2.59 bits per heavy atom. The van der Waals surface area contributed by atoms with E-state index in [-0.39, 0.29) is 12.5 Å². The summed E-state index contributed by atoms with van der Waals surface area (Å²) in [7, 11) is 0. The molecule has 0 radical (unpaired) electrons. The maximum Gasteiger partial charge on any atom is 0.344 e. The molecular weight excluding hydrogens is 218 g/mol. The summed E-state index contributed by atoms with van der Waals surface area (Å²) in [5, 5.41) is 7.22. The summed E-state index contributed by atoms with van der Waals surface area (Å²) in [5.74, 6) is -0.325. The maximum absolute atomic E-state index is 11.2. The van der Waals surface area contributed by atoms with Crippen LogP contribution in [-0.2, 0) is 11.2 Å².